The summed E-state index contributed by atoms with van der Waals surface area (Å²) in [6.45, 7) is 0. The number of hydrogen-bond donors (Lipinski definition) is 0. The fourth-order valence-electron chi connectivity index (χ4n) is 10.7. The molecule has 1 heteroatoms. The Bertz CT molecular complexity index is 4020. The molecule has 0 heterocycles. The fourth-order valence-corrected chi connectivity index (χ4v) is 10.7. The van der Waals surface area contributed by atoms with Crippen LogP contribution in [-0.4, -0.2) is 0 Å². The Balaban J connectivity index is 1.02. The van der Waals surface area contributed by atoms with Crippen molar-refractivity contribution in [2.24, 2.45) is 0 Å². The topological polar surface area (TPSA) is 3.24 Å². The number of nitrogens with zero attached hydrogens (tertiary/aromatic N) is 1. The maximum atomic E-state index is 2.46. The van der Waals surface area contributed by atoms with Crippen molar-refractivity contribution in [2.75, 3.05) is 4.90 Å². The van der Waals surface area contributed by atoms with E-state index in [0.29, 0.717) is 0 Å². The molecule has 0 spiro atoms. The first-order chi connectivity index (χ1) is 33.2. The third-order valence-corrected chi connectivity index (χ3v) is 13.8. The average molecular weight is 850 g/mol. The Morgan fingerprint density at radius 3 is 1.31 bits per heavy atom. The van der Waals surface area contributed by atoms with Crippen LogP contribution in [0.15, 0.2) is 261 Å². The largest absolute Gasteiger partial charge is 0.310 e. The van der Waals surface area contributed by atoms with Crippen molar-refractivity contribution in [3.63, 3.8) is 0 Å². The quantitative estimate of drug-likeness (QED) is 0.144. The lowest BCUT2D eigenvalue weighted by atomic mass is 9.84. The highest BCUT2D eigenvalue weighted by atomic mass is 15.1. The van der Waals surface area contributed by atoms with Crippen molar-refractivity contribution >= 4 is 81.7 Å². The molecule has 13 rings (SSSR count). The van der Waals surface area contributed by atoms with Crippen LogP contribution in [0.3, 0.4) is 0 Å². The molecule has 0 fully saturated rings. The molecule has 0 unspecified atom stereocenters. The van der Waals surface area contributed by atoms with E-state index < -0.39 is 0 Å². The van der Waals surface area contributed by atoms with Gasteiger partial charge in [-0.3, -0.25) is 0 Å². The molecular formula is C66H43N. The predicted molar refractivity (Wildman–Crippen MR) is 288 cm³/mol. The number of fused-ring (bicyclic) bond motifs is 9. The first-order valence-corrected chi connectivity index (χ1v) is 23.2. The number of rotatable bonds is 7. The van der Waals surface area contributed by atoms with Gasteiger partial charge in [0.2, 0.25) is 0 Å². The number of benzene rings is 13. The van der Waals surface area contributed by atoms with Crippen LogP contribution >= 0.6 is 0 Å². The molecule has 0 atom stereocenters. The lowest BCUT2D eigenvalue weighted by molar-refractivity contribution is 1.30. The first-order valence-electron chi connectivity index (χ1n) is 23.2. The summed E-state index contributed by atoms with van der Waals surface area (Å²) in [5.41, 5.74) is 13.0. The van der Waals surface area contributed by atoms with E-state index in [2.05, 4.69) is 266 Å². The van der Waals surface area contributed by atoms with Gasteiger partial charge in [0.05, 0.1) is 5.69 Å². The normalized spacial score (nSPS) is 11.6. The van der Waals surface area contributed by atoms with Crippen molar-refractivity contribution < 1.29 is 0 Å². The minimum Gasteiger partial charge on any atom is -0.310 e. The summed E-state index contributed by atoms with van der Waals surface area (Å²) in [5, 5.41) is 15.0. The van der Waals surface area contributed by atoms with Crippen LogP contribution in [0.2, 0.25) is 0 Å². The summed E-state index contributed by atoms with van der Waals surface area (Å²) in [6, 6.07) is 95.9. The maximum Gasteiger partial charge on any atom is 0.0546 e. The summed E-state index contributed by atoms with van der Waals surface area (Å²) in [4.78, 5) is 2.46. The third kappa shape index (κ3) is 6.55. The lowest BCUT2D eigenvalue weighted by Gasteiger charge is -2.28. The maximum absolute atomic E-state index is 2.46. The molecule has 0 amide bonds. The van der Waals surface area contributed by atoms with E-state index in [-0.39, 0.29) is 0 Å². The van der Waals surface area contributed by atoms with E-state index in [1.807, 2.05) is 0 Å². The van der Waals surface area contributed by atoms with Gasteiger partial charge in [0.1, 0.15) is 0 Å². The summed E-state index contributed by atoms with van der Waals surface area (Å²) in [7, 11) is 0. The Morgan fingerprint density at radius 2 is 0.657 bits per heavy atom. The smallest absolute Gasteiger partial charge is 0.0546 e. The van der Waals surface area contributed by atoms with Gasteiger partial charge in [-0.05, 0) is 146 Å². The molecule has 0 aromatic heterocycles. The van der Waals surface area contributed by atoms with Gasteiger partial charge in [-0.1, -0.05) is 218 Å². The molecule has 1 nitrogen and oxygen atoms in total. The first kappa shape index (κ1) is 38.7. The highest BCUT2D eigenvalue weighted by Crippen LogP contribution is 2.47. The summed E-state index contributed by atoms with van der Waals surface area (Å²) >= 11 is 0. The zero-order valence-corrected chi connectivity index (χ0v) is 36.8. The molecule has 0 aliphatic heterocycles. The Kier molecular flexibility index (Phi) is 9.25. The van der Waals surface area contributed by atoms with Crippen molar-refractivity contribution in [3.05, 3.63) is 261 Å². The molecule has 0 bridgehead atoms. The van der Waals surface area contributed by atoms with Crippen LogP contribution in [0, 0.1) is 0 Å². The highest BCUT2D eigenvalue weighted by Gasteiger charge is 2.21. The summed E-state index contributed by atoms with van der Waals surface area (Å²) in [5.74, 6) is 0. The van der Waals surface area contributed by atoms with Crippen LogP contribution in [-0.2, 0) is 0 Å². The molecule has 13 aromatic carbocycles. The van der Waals surface area contributed by atoms with E-state index in [1.54, 1.807) is 0 Å². The SMILES string of the molecule is c1ccc(-c2c(-c3ccccc3)c3cc(-c4cccc(N(c5ccc(-c6cc7ccccc7c7ccccc67)cc5)c5cc6ccccc6c6ccccc56)c4)ccc3c3ccccc23)cc1. The van der Waals surface area contributed by atoms with Gasteiger partial charge in [0.25, 0.3) is 0 Å². The molecular weight excluding hydrogens is 807 g/mol. The zero-order chi connectivity index (χ0) is 44.3. The Morgan fingerprint density at radius 1 is 0.209 bits per heavy atom. The molecule has 0 N–H and O–H groups in total. The van der Waals surface area contributed by atoms with E-state index in [1.165, 1.54) is 104 Å². The molecule has 0 aliphatic rings. The van der Waals surface area contributed by atoms with E-state index in [9.17, 15) is 0 Å². The number of anilines is 3. The predicted octanol–water partition coefficient (Wildman–Crippen LogP) is 18.7. The molecule has 13 aromatic rings. The van der Waals surface area contributed by atoms with Gasteiger partial charge in [-0.15, -0.1) is 0 Å². The van der Waals surface area contributed by atoms with Crippen LogP contribution in [0.1, 0.15) is 0 Å². The summed E-state index contributed by atoms with van der Waals surface area (Å²) in [6.07, 6.45) is 0. The Hall–Kier alpha value is -8.78. The second-order valence-corrected chi connectivity index (χ2v) is 17.6. The van der Waals surface area contributed by atoms with E-state index >= 15 is 0 Å². The molecule has 0 saturated heterocycles. The second-order valence-electron chi connectivity index (χ2n) is 17.6. The van der Waals surface area contributed by atoms with Crippen LogP contribution < -0.4 is 4.90 Å². The van der Waals surface area contributed by atoms with Crippen molar-refractivity contribution in [3.8, 4) is 44.5 Å². The lowest BCUT2D eigenvalue weighted by Crippen LogP contribution is -2.11. The van der Waals surface area contributed by atoms with Gasteiger partial charge in [0.15, 0.2) is 0 Å². The van der Waals surface area contributed by atoms with E-state index in [0.717, 1.165) is 22.6 Å². The fraction of sp³-hybridized carbons (Fsp3) is 0. The molecule has 0 saturated carbocycles. The average Bonchev–Trinajstić information content (AvgIpc) is 3.41. The Labute approximate surface area is 390 Å². The van der Waals surface area contributed by atoms with Crippen molar-refractivity contribution in [2.45, 2.75) is 0 Å². The second kappa shape index (κ2) is 16.0. The van der Waals surface area contributed by atoms with Gasteiger partial charge < -0.3 is 4.90 Å². The third-order valence-electron chi connectivity index (χ3n) is 13.8. The van der Waals surface area contributed by atoms with Crippen LogP contribution in [0.25, 0.3) is 109 Å². The van der Waals surface area contributed by atoms with Gasteiger partial charge in [0, 0.05) is 16.8 Å². The van der Waals surface area contributed by atoms with E-state index in [4.69, 9.17) is 0 Å². The monoisotopic (exact) mass is 849 g/mol. The zero-order valence-electron chi connectivity index (χ0n) is 36.8. The number of hydrogen-bond acceptors (Lipinski definition) is 1. The summed E-state index contributed by atoms with van der Waals surface area (Å²) < 4.78 is 0. The standard InChI is InChI=1S/C66H43N/c1-3-18-45(19-4-1)65-61-33-16-14-30-57(61)59-39-36-48(41-63(59)66(65)46-20-5-2-6-21-46)47-24-17-25-52(40-47)67(64-43-50-23-8-10-27-54(50)56-29-13-15-32-60(56)64)51-37-34-44(35-38-51)62-42-49-22-7-9-26-53(49)55-28-11-12-31-58(55)62/h1-43H. The minimum absolute atomic E-state index is 1.09. The van der Waals surface area contributed by atoms with Gasteiger partial charge in [-0.25, -0.2) is 0 Å². The van der Waals surface area contributed by atoms with Crippen LogP contribution in [0.5, 0.6) is 0 Å². The van der Waals surface area contributed by atoms with Crippen molar-refractivity contribution in [1.29, 1.82) is 0 Å². The molecule has 0 aliphatic carbocycles. The van der Waals surface area contributed by atoms with Crippen LogP contribution in [0.4, 0.5) is 17.1 Å². The molecule has 67 heavy (non-hydrogen) atoms. The minimum atomic E-state index is 1.09. The molecule has 0 radical (unpaired) electrons. The highest BCUT2D eigenvalue weighted by molar-refractivity contribution is 6.22. The molecule has 312 valence electrons. The van der Waals surface area contributed by atoms with Gasteiger partial charge in [-0.2, -0.15) is 0 Å². The van der Waals surface area contributed by atoms with Gasteiger partial charge >= 0.3 is 0 Å². The van der Waals surface area contributed by atoms with Crippen molar-refractivity contribution in [1.82, 2.24) is 0 Å².